The SMILES string of the molecule is CCc1ccc(C(=O)NCC2CCC(O)C2)o1. The molecule has 4 heteroatoms. The molecule has 17 heavy (non-hydrogen) atoms. The molecular formula is C13H19NO3. The lowest BCUT2D eigenvalue weighted by atomic mass is 10.1. The highest BCUT2D eigenvalue weighted by molar-refractivity contribution is 5.91. The molecule has 0 saturated heterocycles. The van der Waals surface area contributed by atoms with Crippen LogP contribution in [0.3, 0.4) is 0 Å². The Balaban J connectivity index is 1.81. The van der Waals surface area contributed by atoms with Crippen LogP contribution in [-0.4, -0.2) is 23.7 Å². The lowest BCUT2D eigenvalue weighted by molar-refractivity contribution is 0.0915. The quantitative estimate of drug-likeness (QED) is 0.838. The van der Waals surface area contributed by atoms with Crippen molar-refractivity contribution in [3.8, 4) is 0 Å². The summed E-state index contributed by atoms with van der Waals surface area (Å²) in [6, 6.07) is 3.53. The van der Waals surface area contributed by atoms with E-state index in [1.54, 1.807) is 6.07 Å². The van der Waals surface area contributed by atoms with Gasteiger partial charge in [0, 0.05) is 13.0 Å². The maximum atomic E-state index is 11.7. The molecule has 0 aliphatic heterocycles. The van der Waals surface area contributed by atoms with Crippen molar-refractivity contribution < 1.29 is 14.3 Å². The maximum absolute atomic E-state index is 11.7. The number of rotatable bonds is 4. The van der Waals surface area contributed by atoms with Crippen molar-refractivity contribution in [1.29, 1.82) is 0 Å². The second kappa shape index (κ2) is 5.36. The fourth-order valence-corrected chi connectivity index (χ4v) is 2.25. The second-order valence-corrected chi connectivity index (χ2v) is 4.66. The van der Waals surface area contributed by atoms with E-state index in [-0.39, 0.29) is 12.0 Å². The molecule has 1 saturated carbocycles. The van der Waals surface area contributed by atoms with E-state index in [4.69, 9.17) is 4.42 Å². The van der Waals surface area contributed by atoms with Gasteiger partial charge >= 0.3 is 0 Å². The topological polar surface area (TPSA) is 62.5 Å². The van der Waals surface area contributed by atoms with Gasteiger partial charge in [0.25, 0.3) is 5.91 Å². The molecule has 0 spiro atoms. The summed E-state index contributed by atoms with van der Waals surface area (Å²) >= 11 is 0. The normalized spacial score (nSPS) is 23.9. The average Bonchev–Trinajstić information content (AvgIpc) is 2.94. The fraction of sp³-hybridized carbons (Fsp3) is 0.615. The van der Waals surface area contributed by atoms with Crippen LogP contribution in [0.25, 0.3) is 0 Å². The molecule has 1 heterocycles. The minimum Gasteiger partial charge on any atom is -0.456 e. The Bertz CT molecular complexity index is 386. The summed E-state index contributed by atoms with van der Waals surface area (Å²) in [7, 11) is 0. The number of aliphatic hydroxyl groups excluding tert-OH is 1. The van der Waals surface area contributed by atoms with Gasteiger partial charge < -0.3 is 14.8 Å². The number of carbonyl (C=O) groups is 1. The van der Waals surface area contributed by atoms with E-state index in [1.807, 2.05) is 13.0 Å². The first-order chi connectivity index (χ1) is 8.19. The molecule has 4 nitrogen and oxygen atoms in total. The zero-order chi connectivity index (χ0) is 12.3. The van der Waals surface area contributed by atoms with Crippen molar-refractivity contribution in [3.05, 3.63) is 23.7 Å². The summed E-state index contributed by atoms with van der Waals surface area (Å²) in [5.74, 6) is 1.44. The third kappa shape index (κ3) is 3.09. The van der Waals surface area contributed by atoms with Crippen LogP contribution in [0.15, 0.2) is 16.5 Å². The van der Waals surface area contributed by atoms with Crippen molar-refractivity contribution in [2.24, 2.45) is 5.92 Å². The van der Waals surface area contributed by atoms with E-state index in [1.165, 1.54) is 0 Å². The molecule has 94 valence electrons. The first kappa shape index (κ1) is 12.2. The first-order valence-corrected chi connectivity index (χ1v) is 6.24. The van der Waals surface area contributed by atoms with Crippen LogP contribution in [0, 0.1) is 5.92 Å². The highest BCUT2D eigenvalue weighted by Gasteiger charge is 2.23. The zero-order valence-corrected chi connectivity index (χ0v) is 10.1. The lowest BCUT2D eigenvalue weighted by Crippen LogP contribution is -2.28. The van der Waals surface area contributed by atoms with Gasteiger partial charge in [0.05, 0.1) is 6.10 Å². The largest absolute Gasteiger partial charge is 0.456 e. The second-order valence-electron chi connectivity index (χ2n) is 4.66. The summed E-state index contributed by atoms with van der Waals surface area (Å²) in [4.78, 5) is 11.7. The van der Waals surface area contributed by atoms with Gasteiger partial charge in [-0.3, -0.25) is 4.79 Å². The Labute approximate surface area is 101 Å². The Morgan fingerprint density at radius 2 is 2.35 bits per heavy atom. The number of aliphatic hydroxyl groups is 1. The van der Waals surface area contributed by atoms with E-state index in [0.29, 0.717) is 18.2 Å². The fourth-order valence-electron chi connectivity index (χ4n) is 2.25. The molecule has 1 aromatic heterocycles. The molecule has 2 unspecified atom stereocenters. The van der Waals surface area contributed by atoms with Crippen LogP contribution >= 0.6 is 0 Å². The summed E-state index contributed by atoms with van der Waals surface area (Å²) in [6.07, 6.45) is 3.23. The number of amides is 1. The van der Waals surface area contributed by atoms with Gasteiger partial charge in [-0.1, -0.05) is 6.92 Å². The molecule has 0 bridgehead atoms. The van der Waals surface area contributed by atoms with Crippen LogP contribution in [0.4, 0.5) is 0 Å². The molecule has 0 aromatic carbocycles. The summed E-state index contributed by atoms with van der Waals surface area (Å²) in [5, 5.41) is 12.2. The smallest absolute Gasteiger partial charge is 0.287 e. The summed E-state index contributed by atoms with van der Waals surface area (Å²) < 4.78 is 5.37. The van der Waals surface area contributed by atoms with E-state index in [2.05, 4.69) is 5.32 Å². The third-order valence-corrected chi connectivity index (χ3v) is 3.30. The van der Waals surface area contributed by atoms with Crippen LogP contribution in [0.1, 0.15) is 42.5 Å². The van der Waals surface area contributed by atoms with Crippen LogP contribution < -0.4 is 5.32 Å². The maximum Gasteiger partial charge on any atom is 0.287 e. The summed E-state index contributed by atoms with van der Waals surface area (Å²) in [6.45, 7) is 2.61. The molecular weight excluding hydrogens is 218 g/mol. The third-order valence-electron chi connectivity index (χ3n) is 3.30. The molecule has 0 radical (unpaired) electrons. The number of nitrogens with one attached hydrogen (secondary N) is 1. The van der Waals surface area contributed by atoms with Gasteiger partial charge in [0.15, 0.2) is 5.76 Å². The van der Waals surface area contributed by atoms with Crippen LogP contribution in [0.5, 0.6) is 0 Å². The lowest BCUT2D eigenvalue weighted by Gasteiger charge is -2.09. The molecule has 1 aliphatic carbocycles. The minimum atomic E-state index is -0.188. The predicted molar refractivity (Wildman–Crippen MR) is 63.8 cm³/mol. The van der Waals surface area contributed by atoms with Crippen molar-refractivity contribution in [1.82, 2.24) is 5.32 Å². The van der Waals surface area contributed by atoms with Crippen molar-refractivity contribution in [2.75, 3.05) is 6.54 Å². The van der Waals surface area contributed by atoms with Gasteiger partial charge in [-0.15, -0.1) is 0 Å². The molecule has 1 fully saturated rings. The van der Waals surface area contributed by atoms with Gasteiger partial charge in [0.2, 0.25) is 0 Å². The van der Waals surface area contributed by atoms with E-state index in [0.717, 1.165) is 31.4 Å². The monoisotopic (exact) mass is 237 g/mol. The van der Waals surface area contributed by atoms with Crippen molar-refractivity contribution in [2.45, 2.75) is 38.7 Å². The molecule has 1 amide bonds. The Hall–Kier alpha value is -1.29. The van der Waals surface area contributed by atoms with Crippen LogP contribution in [0.2, 0.25) is 0 Å². The number of furan rings is 1. The van der Waals surface area contributed by atoms with Gasteiger partial charge in [-0.2, -0.15) is 0 Å². The predicted octanol–water partition coefficient (Wildman–Crippen LogP) is 1.73. The standard InChI is InChI=1S/C13H19NO3/c1-2-11-5-6-12(17-11)13(16)14-8-9-3-4-10(15)7-9/h5-6,9-10,15H,2-4,7-8H2,1H3,(H,14,16). The average molecular weight is 237 g/mol. The number of hydrogen-bond donors (Lipinski definition) is 2. The highest BCUT2D eigenvalue weighted by Crippen LogP contribution is 2.24. The number of aryl methyl sites for hydroxylation is 1. The Morgan fingerprint density at radius 1 is 1.53 bits per heavy atom. The minimum absolute atomic E-state index is 0.161. The van der Waals surface area contributed by atoms with Gasteiger partial charge in [0.1, 0.15) is 5.76 Å². The van der Waals surface area contributed by atoms with E-state index in [9.17, 15) is 9.90 Å². The van der Waals surface area contributed by atoms with Crippen molar-refractivity contribution in [3.63, 3.8) is 0 Å². The van der Waals surface area contributed by atoms with Crippen molar-refractivity contribution >= 4 is 5.91 Å². The van der Waals surface area contributed by atoms with E-state index < -0.39 is 0 Å². The molecule has 2 N–H and O–H groups in total. The molecule has 2 rings (SSSR count). The Morgan fingerprint density at radius 3 is 2.94 bits per heavy atom. The van der Waals surface area contributed by atoms with Gasteiger partial charge in [-0.05, 0) is 37.3 Å². The van der Waals surface area contributed by atoms with Gasteiger partial charge in [-0.25, -0.2) is 0 Å². The molecule has 2 atom stereocenters. The molecule has 1 aromatic rings. The number of carbonyl (C=O) groups excluding carboxylic acids is 1. The zero-order valence-electron chi connectivity index (χ0n) is 10.1. The number of hydrogen-bond acceptors (Lipinski definition) is 3. The first-order valence-electron chi connectivity index (χ1n) is 6.24. The Kier molecular flexibility index (Phi) is 3.84. The summed E-state index contributed by atoms with van der Waals surface area (Å²) in [5.41, 5.74) is 0. The van der Waals surface area contributed by atoms with E-state index >= 15 is 0 Å². The van der Waals surface area contributed by atoms with Crippen LogP contribution in [-0.2, 0) is 6.42 Å². The molecule has 1 aliphatic rings. The highest BCUT2D eigenvalue weighted by atomic mass is 16.3.